The second kappa shape index (κ2) is 8.85. The van der Waals surface area contributed by atoms with Gasteiger partial charge in [-0.15, -0.1) is 0 Å². The van der Waals surface area contributed by atoms with Crippen molar-refractivity contribution in [3.8, 4) is 6.01 Å². The molecule has 0 atom stereocenters. The molecule has 7 heteroatoms. The molecule has 0 amide bonds. The summed E-state index contributed by atoms with van der Waals surface area (Å²) < 4.78 is 11.4. The van der Waals surface area contributed by atoms with Gasteiger partial charge in [0, 0.05) is 54.7 Å². The molecule has 164 valence electrons. The van der Waals surface area contributed by atoms with Crippen LogP contribution in [0.2, 0.25) is 0 Å². The normalized spacial score (nSPS) is 17.2. The van der Waals surface area contributed by atoms with Crippen LogP contribution in [0.15, 0.2) is 24.4 Å². The molecule has 2 aliphatic heterocycles. The molecule has 2 aliphatic rings. The fourth-order valence-corrected chi connectivity index (χ4v) is 4.77. The maximum Gasteiger partial charge on any atom is 0.316 e. The summed E-state index contributed by atoms with van der Waals surface area (Å²) in [5, 5.41) is 1.27. The van der Waals surface area contributed by atoms with Gasteiger partial charge in [-0.1, -0.05) is 6.07 Å². The molecule has 31 heavy (non-hydrogen) atoms. The van der Waals surface area contributed by atoms with Crippen LogP contribution in [-0.4, -0.2) is 65.9 Å². The van der Waals surface area contributed by atoms with Crippen LogP contribution in [0.4, 0.5) is 5.69 Å². The van der Waals surface area contributed by atoms with E-state index in [1.54, 1.807) is 0 Å². The number of aromatic amines is 1. The van der Waals surface area contributed by atoms with Gasteiger partial charge in [0.1, 0.15) is 0 Å². The molecule has 2 aromatic heterocycles. The quantitative estimate of drug-likeness (QED) is 0.617. The molecular weight excluding hydrogens is 390 g/mol. The van der Waals surface area contributed by atoms with Crippen molar-refractivity contribution in [1.29, 1.82) is 0 Å². The largest absolute Gasteiger partial charge is 0.463 e. The third-order valence-electron chi connectivity index (χ3n) is 6.43. The summed E-state index contributed by atoms with van der Waals surface area (Å²) in [6.45, 7) is 11.4. The number of aromatic nitrogens is 3. The van der Waals surface area contributed by atoms with Crippen LogP contribution < -0.4 is 9.64 Å². The van der Waals surface area contributed by atoms with Crippen molar-refractivity contribution in [2.45, 2.75) is 33.2 Å². The van der Waals surface area contributed by atoms with E-state index >= 15 is 0 Å². The minimum atomic E-state index is 0.511. The Morgan fingerprint density at radius 3 is 2.84 bits per heavy atom. The summed E-state index contributed by atoms with van der Waals surface area (Å²) in [6.07, 6.45) is 3.94. The summed E-state index contributed by atoms with van der Waals surface area (Å²) in [5.41, 5.74) is 7.18. The van der Waals surface area contributed by atoms with Gasteiger partial charge in [-0.3, -0.25) is 4.90 Å². The molecule has 0 unspecified atom stereocenters. The van der Waals surface area contributed by atoms with E-state index in [4.69, 9.17) is 14.5 Å². The summed E-state index contributed by atoms with van der Waals surface area (Å²) in [4.78, 5) is 17.7. The highest BCUT2D eigenvalue weighted by molar-refractivity contribution is 5.94. The predicted molar refractivity (Wildman–Crippen MR) is 122 cm³/mol. The van der Waals surface area contributed by atoms with Crippen LogP contribution in [0.3, 0.4) is 0 Å². The lowest BCUT2D eigenvalue weighted by Gasteiger charge is -2.32. The minimum Gasteiger partial charge on any atom is -0.463 e. The van der Waals surface area contributed by atoms with Crippen LogP contribution in [0, 0.1) is 13.8 Å². The van der Waals surface area contributed by atoms with Gasteiger partial charge in [0.2, 0.25) is 0 Å². The Balaban J connectivity index is 1.28. The Kier molecular flexibility index (Phi) is 5.78. The van der Waals surface area contributed by atoms with Gasteiger partial charge in [0.05, 0.1) is 32.1 Å². The number of rotatable bonds is 6. The molecule has 1 N–H and O–H groups in total. The van der Waals surface area contributed by atoms with E-state index in [9.17, 15) is 0 Å². The molecule has 7 nitrogen and oxygen atoms in total. The summed E-state index contributed by atoms with van der Waals surface area (Å²) in [5.74, 6) is 0. The SMILES string of the molecule is Cc1ccc2[nH]ccc2c1N1CCc2c(C)nc(OCCCN3CCOCC3)nc2C1. The predicted octanol–water partition coefficient (Wildman–Crippen LogP) is 3.24. The van der Waals surface area contributed by atoms with E-state index in [1.165, 1.54) is 27.7 Å². The minimum absolute atomic E-state index is 0.511. The fraction of sp³-hybridized carbons (Fsp3) is 0.500. The van der Waals surface area contributed by atoms with E-state index in [1.807, 2.05) is 6.20 Å². The van der Waals surface area contributed by atoms with Crippen LogP contribution in [0.1, 0.15) is 28.9 Å². The van der Waals surface area contributed by atoms with Crippen molar-refractivity contribution in [2.24, 2.45) is 0 Å². The average molecular weight is 422 g/mol. The fourth-order valence-electron chi connectivity index (χ4n) is 4.77. The molecule has 1 aromatic carbocycles. The molecule has 3 aromatic rings. The topological polar surface area (TPSA) is 66.5 Å². The van der Waals surface area contributed by atoms with Gasteiger partial charge >= 0.3 is 6.01 Å². The first-order chi connectivity index (χ1) is 15.2. The number of morpholine rings is 1. The first-order valence-electron chi connectivity index (χ1n) is 11.3. The highest BCUT2D eigenvalue weighted by Gasteiger charge is 2.24. The number of nitrogens with zero attached hydrogens (tertiary/aromatic N) is 4. The van der Waals surface area contributed by atoms with Crippen LogP contribution in [0.25, 0.3) is 10.9 Å². The van der Waals surface area contributed by atoms with E-state index in [2.05, 4.69) is 51.8 Å². The Hall–Kier alpha value is -2.64. The molecule has 5 rings (SSSR count). The van der Waals surface area contributed by atoms with Gasteiger partial charge in [0.15, 0.2) is 0 Å². The van der Waals surface area contributed by atoms with Gasteiger partial charge in [-0.05, 0) is 49.9 Å². The zero-order chi connectivity index (χ0) is 21.2. The van der Waals surface area contributed by atoms with Crippen molar-refractivity contribution in [2.75, 3.05) is 50.9 Å². The lowest BCUT2D eigenvalue weighted by Crippen LogP contribution is -2.37. The van der Waals surface area contributed by atoms with Crippen molar-refractivity contribution >= 4 is 16.6 Å². The zero-order valence-electron chi connectivity index (χ0n) is 18.5. The van der Waals surface area contributed by atoms with Crippen molar-refractivity contribution in [3.63, 3.8) is 0 Å². The number of nitrogens with one attached hydrogen (secondary N) is 1. The van der Waals surface area contributed by atoms with Gasteiger partial charge in [0.25, 0.3) is 0 Å². The summed E-state index contributed by atoms with van der Waals surface area (Å²) in [6, 6.07) is 7.03. The lowest BCUT2D eigenvalue weighted by atomic mass is 10.0. The molecule has 0 saturated carbocycles. The Labute approximate surface area is 183 Å². The van der Waals surface area contributed by atoms with Gasteiger partial charge < -0.3 is 19.4 Å². The number of hydrogen-bond acceptors (Lipinski definition) is 6. The van der Waals surface area contributed by atoms with Crippen LogP contribution in [-0.2, 0) is 17.7 Å². The molecule has 4 heterocycles. The van der Waals surface area contributed by atoms with Crippen LogP contribution in [0.5, 0.6) is 6.01 Å². The monoisotopic (exact) mass is 421 g/mol. The van der Waals surface area contributed by atoms with Crippen LogP contribution >= 0.6 is 0 Å². The van der Waals surface area contributed by atoms with E-state index < -0.39 is 0 Å². The number of hydrogen-bond donors (Lipinski definition) is 1. The highest BCUT2D eigenvalue weighted by atomic mass is 16.5. The average Bonchev–Trinajstić information content (AvgIpc) is 3.26. The molecule has 1 saturated heterocycles. The van der Waals surface area contributed by atoms with Crippen molar-refractivity contribution < 1.29 is 9.47 Å². The number of fused-ring (bicyclic) bond motifs is 2. The molecule has 0 spiro atoms. The maximum atomic E-state index is 5.96. The third-order valence-corrected chi connectivity index (χ3v) is 6.43. The Morgan fingerprint density at radius 2 is 1.97 bits per heavy atom. The smallest absolute Gasteiger partial charge is 0.316 e. The highest BCUT2D eigenvalue weighted by Crippen LogP contribution is 2.34. The summed E-state index contributed by atoms with van der Waals surface area (Å²) in [7, 11) is 0. The number of benzene rings is 1. The van der Waals surface area contributed by atoms with Crippen molar-refractivity contribution in [3.05, 3.63) is 46.9 Å². The molecular formula is C24H31N5O2. The molecule has 0 aliphatic carbocycles. The maximum absolute atomic E-state index is 5.96. The zero-order valence-corrected chi connectivity index (χ0v) is 18.5. The van der Waals surface area contributed by atoms with Gasteiger partial charge in [-0.2, -0.15) is 4.98 Å². The first kappa shape index (κ1) is 20.3. The third kappa shape index (κ3) is 4.25. The molecule has 0 radical (unpaired) electrons. The van der Waals surface area contributed by atoms with E-state index in [0.29, 0.717) is 12.6 Å². The lowest BCUT2D eigenvalue weighted by molar-refractivity contribution is 0.0356. The van der Waals surface area contributed by atoms with Gasteiger partial charge in [-0.25, -0.2) is 4.98 Å². The number of anilines is 1. The number of H-pyrrole nitrogens is 1. The second-order valence-corrected chi connectivity index (χ2v) is 8.51. The first-order valence-corrected chi connectivity index (χ1v) is 11.3. The molecule has 1 fully saturated rings. The Morgan fingerprint density at radius 1 is 1.10 bits per heavy atom. The number of aryl methyl sites for hydroxylation is 2. The number of ether oxygens (including phenoxy) is 2. The molecule has 0 bridgehead atoms. The standard InChI is InChI=1S/C24H31N5O2/c1-17-4-5-21-20(6-8-25-21)23(17)29-10-7-19-18(2)26-24(27-22(19)16-29)31-13-3-9-28-11-14-30-15-12-28/h4-6,8,25H,3,7,9-16H2,1-2H3. The summed E-state index contributed by atoms with van der Waals surface area (Å²) >= 11 is 0. The van der Waals surface area contributed by atoms with E-state index in [0.717, 1.165) is 70.2 Å². The second-order valence-electron chi connectivity index (χ2n) is 8.51. The van der Waals surface area contributed by atoms with E-state index in [-0.39, 0.29) is 0 Å². The Bertz CT molecular complexity index is 1060. The van der Waals surface area contributed by atoms with Crippen molar-refractivity contribution in [1.82, 2.24) is 19.9 Å².